The van der Waals surface area contributed by atoms with Crippen molar-refractivity contribution >= 4 is 0 Å². The summed E-state index contributed by atoms with van der Waals surface area (Å²) in [5, 5.41) is 14.5. The largest absolute Gasteiger partial charge is 0.389 e. The molecule has 1 aromatic rings. The van der Waals surface area contributed by atoms with E-state index in [1.165, 1.54) is 0 Å². The highest BCUT2D eigenvalue weighted by Crippen LogP contribution is 2.23. The topological polar surface area (TPSA) is 56.5 Å². The van der Waals surface area contributed by atoms with E-state index >= 15 is 0 Å². The van der Waals surface area contributed by atoms with Crippen LogP contribution in [0.4, 0.5) is 0 Å². The van der Waals surface area contributed by atoms with Gasteiger partial charge in [0.05, 0.1) is 24.9 Å². The SMILES string of the molecule is CCc1nn(CCOCCCOC)c(CC)c1C(C)O. The zero-order valence-corrected chi connectivity index (χ0v) is 13.2. The zero-order valence-electron chi connectivity index (χ0n) is 13.2. The average molecular weight is 284 g/mol. The van der Waals surface area contributed by atoms with E-state index in [1.807, 2.05) is 4.68 Å². The van der Waals surface area contributed by atoms with Gasteiger partial charge in [0.25, 0.3) is 0 Å². The van der Waals surface area contributed by atoms with E-state index in [2.05, 4.69) is 18.9 Å². The molecule has 0 saturated heterocycles. The summed E-state index contributed by atoms with van der Waals surface area (Å²) in [5.74, 6) is 0. The maximum atomic E-state index is 9.93. The standard InChI is InChI=1S/C15H28N2O3/c1-5-13-15(12(3)18)14(6-2)17(16-13)8-11-20-10-7-9-19-4/h12,18H,5-11H2,1-4H3. The van der Waals surface area contributed by atoms with Gasteiger partial charge in [-0.15, -0.1) is 0 Å². The Morgan fingerprint density at radius 1 is 1.20 bits per heavy atom. The van der Waals surface area contributed by atoms with Crippen LogP contribution in [-0.4, -0.2) is 41.8 Å². The van der Waals surface area contributed by atoms with Gasteiger partial charge in [0.1, 0.15) is 0 Å². The van der Waals surface area contributed by atoms with Crippen molar-refractivity contribution < 1.29 is 14.6 Å². The van der Waals surface area contributed by atoms with E-state index < -0.39 is 6.10 Å². The van der Waals surface area contributed by atoms with Crippen LogP contribution in [-0.2, 0) is 28.9 Å². The number of aromatic nitrogens is 2. The number of aliphatic hydroxyl groups excluding tert-OH is 1. The Morgan fingerprint density at radius 2 is 1.95 bits per heavy atom. The Bertz CT molecular complexity index is 389. The first-order chi connectivity index (χ1) is 9.65. The van der Waals surface area contributed by atoms with Crippen LogP contribution in [0.1, 0.15) is 50.2 Å². The lowest BCUT2D eigenvalue weighted by Crippen LogP contribution is -2.12. The Hall–Kier alpha value is -0.910. The summed E-state index contributed by atoms with van der Waals surface area (Å²) in [5.41, 5.74) is 3.11. The second-order valence-electron chi connectivity index (χ2n) is 4.87. The van der Waals surface area contributed by atoms with Gasteiger partial charge in [-0.1, -0.05) is 13.8 Å². The van der Waals surface area contributed by atoms with Crippen molar-refractivity contribution in [3.8, 4) is 0 Å². The molecule has 0 bridgehead atoms. The number of nitrogens with zero attached hydrogens (tertiary/aromatic N) is 2. The van der Waals surface area contributed by atoms with E-state index in [1.54, 1.807) is 14.0 Å². The van der Waals surface area contributed by atoms with E-state index in [0.29, 0.717) is 13.2 Å². The van der Waals surface area contributed by atoms with Gasteiger partial charge in [-0.25, -0.2) is 0 Å². The fraction of sp³-hybridized carbons (Fsp3) is 0.800. The van der Waals surface area contributed by atoms with Crippen LogP contribution in [0, 0.1) is 0 Å². The van der Waals surface area contributed by atoms with E-state index in [0.717, 1.165) is 49.4 Å². The molecule has 1 unspecified atom stereocenters. The minimum atomic E-state index is -0.462. The molecule has 1 N–H and O–H groups in total. The number of hydrogen-bond donors (Lipinski definition) is 1. The molecule has 20 heavy (non-hydrogen) atoms. The molecule has 0 aliphatic rings. The molecule has 1 atom stereocenters. The van der Waals surface area contributed by atoms with E-state index in [-0.39, 0.29) is 0 Å². The molecular weight excluding hydrogens is 256 g/mol. The molecule has 5 nitrogen and oxygen atoms in total. The number of ether oxygens (including phenoxy) is 2. The molecule has 1 heterocycles. The molecule has 0 aliphatic heterocycles. The molecule has 0 radical (unpaired) electrons. The fourth-order valence-corrected chi connectivity index (χ4v) is 2.43. The summed E-state index contributed by atoms with van der Waals surface area (Å²) < 4.78 is 12.5. The summed E-state index contributed by atoms with van der Waals surface area (Å²) in [6.07, 6.45) is 2.16. The normalized spacial score (nSPS) is 12.8. The molecule has 1 aromatic heterocycles. The van der Waals surface area contributed by atoms with E-state index in [9.17, 15) is 5.11 Å². The van der Waals surface area contributed by atoms with Gasteiger partial charge < -0.3 is 14.6 Å². The van der Waals surface area contributed by atoms with Gasteiger partial charge in [-0.3, -0.25) is 4.68 Å². The highest BCUT2D eigenvalue weighted by molar-refractivity contribution is 5.28. The zero-order chi connectivity index (χ0) is 15.0. The molecule has 0 amide bonds. The lowest BCUT2D eigenvalue weighted by molar-refractivity contribution is 0.0956. The number of aliphatic hydroxyl groups is 1. The summed E-state index contributed by atoms with van der Waals surface area (Å²) in [6.45, 7) is 8.78. The maximum Gasteiger partial charge on any atom is 0.0798 e. The van der Waals surface area contributed by atoms with Crippen LogP contribution in [0.5, 0.6) is 0 Å². The van der Waals surface area contributed by atoms with Crippen molar-refractivity contribution in [2.24, 2.45) is 0 Å². The predicted octanol–water partition coefficient (Wildman–Crippen LogP) is 2.11. The molecule has 0 spiro atoms. The first-order valence-corrected chi connectivity index (χ1v) is 7.48. The maximum absolute atomic E-state index is 9.93. The van der Waals surface area contributed by atoms with Gasteiger partial charge in [0, 0.05) is 31.6 Å². The second kappa shape index (κ2) is 9.10. The highest BCUT2D eigenvalue weighted by Gasteiger charge is 2.18. The van der Waals surface area contributed by atoms with Crippen LogP contribution >= 0.6 is 0 Å². The van der Waals surface area contributed by atoms with Crippen LogP contribution in [0.3, 0.4) is 0 Å². The third kappa shape index (κ3) is 4.58. The Morgan fingerprint density at radius 3 is 2.50 bits per heavy atom. The molecule has 0 fully saturated rings. The van der Waals surface area contributed by atoms with Crippen LogP contribution in [0.25, 0.3) is 0 Å². The number of hydrogen-bond acceptors (Lipinski definition) is 4. The Labute approximate surface area is 121 Å². The minimum Gasteiger partial charge on any atom is -0.389 e. The average Bonchev–Trinajstić information content (AvgIpc) is 2.80. The third-order valence-electron chi connectivity index (χ3n) is 3.35. The molecule has 0 aromatic carbocycles. The smallest absolute Gasteiger partial charge is 0.0798 e. The van der Waals surface area contributed by atoms with Crippen molar-refractivity contribution in [1.82, 2.24) is 9.78 Å². The summed E-state index contributed by atoms with van der Waals surface area (Å²) >= 11 is 0. The van der Waals surface area contributed by atoms with Gasteiger partial charge in [-0.2, -0.15) is 5.10 Å². The van der Waals surface area contributed by atoms with Crippen LogP contribution in [0.2, 0.25) is 0 Å². The first kappa shape index (κ1) is 17.1. The Balaban J connectivity index is 2.61. The van der Waals surface area contributed by atoms with Crippen LogP contribution < -0.4 is 0 Å². The van der Waals surface area contributed by atoms with Crippen molar-refractivity contribution in [2.45, 2.75) is 52.7 Å². The predicted molar refractivity (Wildman–Crippen MR) is 78.9 cm³/mol. The van der Waals surface area contributed by atoms with Crippen LogP contribution in [0.15, 0.2) is 0 Å². The number of rotatable bonds is 10. The highest BCUT2D eigenvalue weighted by atomic mass is 16.5. The third-order valence-corrected chi connectivity index (χ3v) is 3.35. The molecule has 0 aliphatic carbocycles. The molecule has 5 heteroatoms. The fourth-order valence-electron chi connectivity index (χ4n) is 2.43. The van der Waals surface area contributed by atoms with Gasteiger partial charge >= 0.3 is 0 Å². The molecule has 1 rings (SSSR count). The van der Waals surface area contributed by atoms with Gasteiger partial charge in [0.15, 0.2) is 0 Å². The van der Waals surface area contributed by atoms with E-state index in [4.69, 9.17) is 9.47 Å². The molecule has 116 valence electrons. The summed E-state index contributed by atoms with van der Waals surface area (Å²) in [6, 6.07) is 0. The van der Waals surface area contributed by atoms with Crippen molar-refractivity contribution in [3.05, 3.63) is 17.0 Å². The quantitative estimate of drug-likeness (QED) is 0.669. The summed E-state index contributed by atoms with van der Waals surface area (Å²) in [4.78, 5) is 0. The minimum absolute atomic E-state index is 0.462. The number of aryl methyl sites for hydroxylation is 1. The first-order valence-electron chi connectivity index (χ1n) is 7.48. The lowest BCUT2D eigenvalue weighted by atomic mass is 10.0. The molecule has 0 saturated carbocycles. The number of methoxy groups -OCH3 is 1. The monoisotopic (exact) mass is 284 g/mol. The Kier molecular flexibility index (Phi) is 7.80. The van der Waals surface area contributed by atoms with Gasteiger partial charge in [0.2, 0.25) is 0 Å². The van der Waals surface area contributed by atoms with Crippen molar-refractivity contribution in [3.63, 3.8) is 0 Å². The molecular formula is C15H28N2O3. The lowest BCUT2D eigenvalue weighted by Gasteiger charge is -2.10. The van der Waals surface area contributed by atoms with Gasteiger partial charge in [-0.05, 0) is 26.2 Å². The van der Waals surface area contributed by atoms with Crippen molar-refractivity contribution in [1.29, 1.82) is 0 Å². The van der Waals surface area contributed by atoms with Crippen molar-refractivity contribution in [2.75, 3.05) is 26.9 Å². The summed E-state index contributed by atoms with van der Waals surface area (Å²) in [7, 11) is 1.70. The second-order valence-corrected chi connectivity index (χ2v) is 4.87.